The topological polar surface area (TPSA) is 38.5 Å². The molecular formula is C14H30N2O. The minimum Gasteiger partial charge on any atom is -0.327 e. The lowest BCUT2D eigenvalue weighted by Crippen LogP contribution is -2.65. The highest BCUT2D eigenvalue weighted by molar-refractivity contribution is 5.02. The first kappa shape index (κ1) is 14.9. The molecule has 2 N–H and O–H groups in total. The average molecular weight is 242 g/mol. The summed E-state index contributed by atoms with van der Waals surface area (Å²) >= 11 is 0. The third-order valence-corrected chi connectivity index (χ3v) is 4.77. The molecule has 1 saturated heterocycles. The molecule has 102 valence electrons. The summed E-state index contributed by atoms with van der Waals surface area (Å²) in [5, 5.41) is 2.16. The summed E-state index contributed by atoms with van der Waals surface area (Å²) in [7, 11) is 0. The number of hydrogen-bond acceptors (Lipinski definition) is 3. The van der Waals surface area contributed by atoms with E-state index in [1.165, 1.54) is 12.8 Å². The van der Waals surface area contributed by atoms with Crippen molar-refractivity contribution in [3.8, 4) is 0 Å². The van der Waals surface area contributed by atoms with Crippen LogP contribution in [-0.4, -0.2) is 29.8 Å². The summed E-state index contributed by atoms with van der Waals surface area (Å²) < 4.78 is 0. The lowest BCUT2D eigenvalue weighted by atomic mass is 9.66. The van der Waals surface area contributed by atoms with Crippen molar-refractivity contribution >= 4 is 0 Å². The second-order valence-electron chi connectivity index (χ2n) is 6.32. The molecule has 1 rings (SSSR count). The molecule has 1 fully saturated rings. The lowest BCUT2D eigenvalue weighted by molar-refractivity contribution is -0.261. The van der Waals surface area contributed by atoms with Gasteiger partial charge in [-0.25, -0.2) is 0 Å². The Morgan fingerprint density at radius 2 is 1.88 bits per heavy atom. The molecule has 0 saturated carbocycles. The Morgan fingerprint density at radius 3 is 2.47 bits per heavy atom. The van der Waals surface area contributed by atoms with Crippen LogP contribution >= 0.6 is 0 Å². The summed E-state index contributed by atoms with van der Waals surface area (Å²) in [4.78, 5) is 5.96. The number of rotatable bonds is 5. The standard InChI is InChI=1S/C14H30N2O/c1-6-7-8-11-17-16-10-9-12(15)13(2,3)14(16,4)5/h12H,6-11,15H2,1-5H3. The van der Waals surface area contributed by atoms with Crippen molar-refractivity contribution in [2.45, 2.75) is 71.9 Å². The van der Waals surface area contributed by atoms with Gasteiger partial charge in [0.15, 0.2) is 0 Å². The molecule has 0 bridgehead atoms. The summed E-state index contributed by atoms with van der Waals surface area (Å²) in [6.07, 6.45) is 4.65. The number of piperidine rings is 1. The Hall–Kier alpha value is -0.120. The van der Waals surface area contributed by atoms with Crippen LogP contribution in [0.4, 0.5) is 0 Å². The molecule has 1 aliphatic rings. The molecule has 0 spiro atoms. The molecule has 17 heavy (non-hydrogen) atoms. The Kier molecular flexibility index (Phi) is 4.99. The molecule has 1 heterocycles. The van der Waals surface area contributed by atoms with Gasteiger partial charge in [0, 0.05) is 23.5 Å². The summed E-state index contributed by atoms with van der Waals surface area (Å²) in [6, 6.07) is 0.257. The SMILES string of the molecule is CCCCCON1CCC(N)C(C)(C)C1(C)C. The first-order valence-corrected chi connectivity index (χ1v) is 7.00. The molecule has 3 nitrogen and oxygen atoms in total. The van der Waals surface area contributed by atoms with Crippen LogP contribution in [0.5, 0.6) is 0 Å². The minimum atomic E-state index is -0.00309. The van der Waals surface area contributed by atoms with Crippen LogP contribution in [0.1, 0.15) is 60.3 Å². The highest BCUT2D eigenvalue weighted by atomic mass is 16.7. The smallest absolute Gasteiger partial charge is 0.0685 e. The largest absolute Gasteiger partial charge is 0.327 e. The highest BCUT2D eigenvalue weighted by Crippen LogP contribution is 2.42. The molecule has 0 radical (unpaired) electrons. The van der Waals surface area contributed by atoms with E-state index in [4.69, 9.17) is 10.6 Å². The van der Waals surface area contributed by atoms with Crippen LogP contribution in [0.15, 0.2) is 0 Å². The van der Waals surface area contributed by atoms with Gasteiger partial charge in [0.25, 0.3) is 0 Å². The van der Waals surface area contributed by atoms with Gasteiger partial charge < -0.3 is 5.73 Å². The predicted molar refractivity (Wildman–Crippen MR) is 72.6 cm³/mol. The second-order valence-corrected chi connectivity index (χ2v) is 6.32. The predicted octanol–water partition coefficient (Wildman–Crippen LogP) is 2.95. The maximum atomic E-state index is 6.24. The average Bonchev–Trinajstić information content (AvgIpc) is 2.25. The number of hydrogen-bond donors (Lipinski definition) is 1. The minimum absolute atomic E-state index is 0.00309. The van der Waals surface area contributed by atoms with E-state index in [1.807, 2.05) is 0 Å². The van der Waals surface area contributed by atoms with E-state index in [-0.39, 0.29) is 17.0 Å². The molecule has 0 aromatic rings. The Labute approximate surface area is 107 Å². The van der Waals surface area contributed by atoms with Gasteiger partial charge in [-0.3, -0.25) is 4.84 Å². The second kappa shape index (κ2) is 5.68. The van der Waals surface area contributed by atoms with Crippen LogP contribution in [0.25, 0.3) is 0 Å². The van der Waals surface area contributed by atoms with Gasteiger partial charge in [0.05, 0.1) is 6.61 Å². The molecule has 0 aromatic heterocycles. The van der Waals surface area contributed by atoms with Crippen molar-refractivity contribution < 1.29 is 4.84 Å². The summed E-state index contributed by atoms with van der Waals surface area (Å²) in [5.41, 5.74) is 6.32. The van der Waals surface area contributed by atoms with Crippen LogP contribution in [0.2, 0.25) is 0 Å². The van der Waals surface area contributed by atoms with Crippen molar-refractivity contribution in [3.05, 3.63) is 0 Å². The van der Waals surface area contributed by atoms with E-state index in [2.05, 4.69) is 39.7 Å². The lowest BCUT2D eigenvalue weighted by Gasteiger charge is -2.55. The molecule has 0 aliphatic carbocycles. The van der Waals surface area contributed by atoms with Crippen LogP contribution in [0, 0.1) is 5.41 Å². The van der Waals surface area contributed by atoms with Crippen LogP contribution in [0.3, 0.4) is 0 Å². The van der Waals surface area contributed by atoms with Crippen LogP contribution < -0.4 is 5.73 Å². The number of unbranched alkanes of at least 4 members (excludes halogenated alkanes) is 2. The Morgan fingerprint density at radius 1 is 1.24 bits per heavy atom. The normalized spacial score (nSPS) is 28.2. The third-order valence-electron chi connectivity index (χ3n) is 4.77. The maximum Gasteiger partial charge on any atom is 0.0685 e. The molecule has 1 atom stereocenters. The van der Waals surface area contributed by atoms with Gasteiger partial charge in [0.1, 0.15) is 0 Å². The van der Waals surface area contributed by atoms with Crippen molar-refractivity contribution in [2.24, 2.45) is 11.1 Å². The summed E-state index contributed by atoms with van der Waals surface area (Å²) in [6.45, 7) is 13.0. The van der Waals surface area contributed by atoms with E-state index < -0.39 is 0 Å². The number of hydroxylamine groups is 2. The fourth-order valence-electron chi connectivity index (χ4n) is 2.42. The zero-order valence-electron chi connectivity index (χ0n) is 12.3. The number of nitrogens with two attached hydrogens (primary N) is 1. The van der Waals surface area contributed by atoms with Crippen molar-refractivity contribution in [3.63, 3.8) is 0 Å². The van der Waals surface area contributed by atoms with Gasteiger partial charge in [-0.15, -0.1) is 0 Å². The zero-order chi connectivity index (χ0) is 13.1. The Bertz CT molecular complexity index is 238. The maximum absolute atomic E-state index is 6.24. The first-order valence-electron chi connectivity index (χ1n) is 7.00. The van der Waals surface area contributed by atoms with E-state index in [9.17, 15) is 0 Å². The van der Waals surface area contributed by atoms with E-state index >= 15 is 0 Å². The zero-order valence-corrected chi connectivity index (χ0v) is 12.3. The van der Waals surface area contributed by atoms with Gasteiger partial charge in [-0.2, -0.15) is 5.06 Å². The highest BCUT2D eigenvalue weighted by Gasteiger charge is 2.49. The molecule has 0 aromatic carbocycles. The molecule has 1 aliphatic heterocycles. The molecule has 1 unspecified atom stereocenters. The van der Waals surface area contributed by atoms with Crippen molar-refractivity contribution in [1.29, 1.82) is 0 Å². The monoisotopic (exact) mass is 242 g/mol. The molecular weight excluding hydrogens is 212 g/mol. The third kappa shape index (κ3) is 3.01. The van der Waals surface area contributed by atoms with Crippen LogP contribution in [-0.2, 0) is 4.84 Å². The van der Waals surface area contributed by atoms with Gasteiger partial charge in [-0.1, -0.05) is 33.6 Å². The fourth-order valence-corrected chi connectivity index (χ4v) is 2.42. The van der Waals surface area contributed by atoms with Gasteiger partial charge in [-0.05, 0) is 26.7 Å². The quantitative estimate of drug-likeness (QED) is 0.753. The summed E-state index contributed by atoms with van der Waals surface area (Å²) in [5.74, 6) is 0. The number of nitrogens with zero attached hydrogens (tertiary/aromatic N) is 1. The first-order chi connectivity index (χ1) is 7.84. The van der Waals surface area contributed by atoms with Gasteiger partial charge >= 0.3 is 0 Å². The molecule has 3 heteroatoms. The fraction of sp³-hybridized carbons (Fsp3) is 1.00. The Balaban J connectivity index is 2.55. The van der Waals surface area contributed by atoms with E-state index in [0.29, 0.717) is 0 Å². The van der Waals surface area contributed by atoms with E-state index in [0.717, 1.165) is 26.0 Å². The molecule has 0 amide bonds. The van der Waals surface area contributed by atoms with Crippen molar-refractivity contribution in [2.75, 3.05) is 13.2 Å². The van der Waals surface area contributed by atoms with E-state index in [1.54, 1.807) is 0 Å². The van der Waals surface area contributed by atoms with Crippen molar-refractivity contribution in [1.82, 2.24) is 5.06 Å². The van der Waals surface area contributed by atoms with Gasteiger partial charge in [0.2, 0.25) is 0 Å².